The normalized spacial score (nSPS) is 24.0. The fourth-order valence-corrected chi connectivity index (χ4v) is 1.21. The van der Waals surface area contributed by atoms with E-state index in [4.69, 9.17) is 0 Å². The number of hydrogen-bond acceptors (Lipinski definition) is 4. The number of hydrazine groups is 1. The Morgan fingerprint density at radius 3 is 2.00 bits per heavy atom. The van der Waals surface area contributed by atoms with Gasteiger partial charge in [-0.05, 0) is 32.4 Å². The van der Waals surface area contributed by atoms with Gasteiger partial charge in [0.15, 0.2) is 0 Å². The van der Waals surface area contributed by atoms with Crippen molar-refractivity contribution in [2.45, 2.75) is 19.3 Å². The highest BCUT2D eigenvalue weighted by Crippen LogP contribution is 1.83. The molecule has 0 spiro atoms. The molecule has 1 fully saturated rings. The maximum absolute atomic E-state index is 3.34. The molecule has 0 saturated carbocycles. The standard InChI is InChI=1S/C8H20N4/c1-2-6-11-12-7-3-5-10-8-9-4-1/h9-12H,1-8H2. The molecule has 0 unspecified atom stereocenters. The van der Waals surface area contributed by atoms with Crippen LogP contribution in [-0.2, 0) is 0 Å². The van der Waals surface area contributed by atoms with Crippen LogP contribution < -0.4 is 21.5 Å². The number of rotatable bonds is 0. The van der Waals surface area contributed by atoms with E-state index in [2.05, 4.69) is 21.5 Å². The molecule has 4 N–H and O–H groups in total. The zero-order chi connectivity index (χ0) is 8.49. The maximum Gasteiger partial charge on any atom is 0.0454 e. The first-order valence-corrected chi connectivity index (χ1v) is 4.87. The average molecular weight is 172 g/mol. The first kappa shape index (κ1) is 9.92. The molecule has 0 aromatic carbocycles. The molecule has 12 heavy (non-hydrogen) atoms. The lowest BCUT2D eigenvalue weighted by Gasteiger charge is -2.11. The van der Waals surface area contributed by atoms with Gasteiger partial charge in [0.25, 0.3) is 0 Å². The van der Waals surface area contributed by atoms with E-state index in [0.717, 1.165) is 32.8 Å². The van der Waals surface area contributed by atoms with Gasteiger partial charge in [-0.1, -0.05) is 0 Å². The molecule has 72 valence electrons. The second-order valence-corrected chi connectivity index (χ2v) is 3.09. The van der Waals surface area contributed by atoms with Gasteiger partial charge in [0, 0.05) is 19.8 Å². The molecule has 0 atom stereocenters. The summed E-state index contributed by atoms with van der Waals surface area (Å²) in [6, 6.07) is 0. The van der Waals surface area contributed by atoms with Crippen molar-refractivity contribution in [3.05, 3.63) is 0 Å². The van der Waals surface area contributed by atoms with Crippen molar-refractivity contribution in [2.75, 3.05) is 32.8 Å². The lowest BCUT2D eigenvalue weighted by molar-refractivity contribution is 0.465. The molecule has 0 radical (unpaired) electrons. The van der Waals surface area contributed by atoms with Gasteiger partial charge in [-0.25, -0.2) is 0 Å². The topological polar surface area (TPSA) is 48.1 Å². The molecule has 0 amide bonds. The van der Waals surface area contributed by atoms with Crippen LogP contribution in [0.5, 0.6) is 0 Å². The van der Waals surface area contributed by atoms with Gasteiger partial charge < -0.3 is 10.6 Å². The molecule has 0 bridgehead atoms. The van der Waals surface area contributed by atoms with Crippen LogP contribution in [0.1, 0.15) is 19.3 Å². The molecule has 4 nitrogen and oxygen atoms in total. The summed E-state index contributed by atoms with van der Waals surface area (Å²) >= 11 is 0. The van der Waals surface area contributed by atoms with Gasteiger partial charge >= 0.3 is 0 Å². The van der Waals surface area contributed by atoms with Crippen LogP contribution in [-0.4, -0.2) is 32.8 Å². The Morgan fingerprint density at radius 2 is 1.17 bits per heavy atom. The summed E-state index contributed by atoms with van der Waals surface area (Å²) in [4.78, 5) is 0. The Bertz CT molecular complexity index is 54.0. The van der Waals surface area contributed by atoms with E-state index < -0.39 is 0 Å². The Hall–Kier alpha value is -0.160. The highest BCUT2D eigenvalue weighted by molar-refractivity contribution is 4.53. The van der Waals surface area contributed by atoms with Gasteiger partial charge in [-0.15, -0.1) is 0 Å². The molecular formula is C8H20N4. The van der Waals surface area contributed by atoms with Crippen molar-refractivity contribution < 1.29 is 0 Å². The molecule has 1 rings (SSSR count). The largest absolute Gasteiger partial charge is 0.304 e. The van der Waals surface area contributed by atoms with Crippen molar-refractivity contribution in [2.24, 2.45) is 0 Å². The van der Waals surface area contributed by atoms with E-state index in [9.17, 15) is 0 Å². The fraction of sp³-hybridized carbons (Fsp3) is 1.00. The molecule has 1 aliphatic rings. The Balaban J connectivity index is 2.00. The highest BCUT2D eigenvalue weighted by Gasteiger charge is 1.92. The molecule has 1 heterocycles. The SMILES string of the molecule is C1CCNNCCCNCNC1. The van der Waals surface area contributed by atoms with E-state index >= 15 is 0 Å². The second-order valence-electron chi connectivity index (χ2n) is 3.09. The third kappa shape index (κ3) is 5.49. The van der Waals surface area contributed by atoms with Crippen molar-refractivity contribution in [3.8, 4) is 0 Å². The summed E-state index contributed by atoms with van der Waals surface area (Å²) in [5.74, 6) is 0. The van der Waals surface area contributed by atoms with Gasteiger partial charge in [0.05, 0.1) is 0 Å². The van der Waals surface area contributed by atoms with Crippen LogP contribution in [0.25, 0.3) is 0 Å². The van der Waals surface area contributed by atoms with Crippen LogP contribution in [0, 0.1) is 0 Å². The van der Waals surface area contributed by atoms with Gasteiger partial charge in [0.1, 0.15) is 0 Å². The van der Waals surface area contributed by atoms with Crippen molar-refractivity contribution >= 4 is 0 Å². The Labute approximate surface area is 74.5 Å². The van der Waals surface area contributed by atoms with Crippen molar-refractivity contribution in [3.63, 3.8) is 0 Å². The maximum atomic E-state index is 3.34. The van der Waals surface area contributed by atoms with Crippen LogP contribution in [0.2, 0.25) is 0 Å². The quantitative estimate of drug-likeness (QED) is 0.394. The second kappa shape index (κ2) is 7.49. The molecule has 0 aromatic heterocycles. The van der Waals surface area contributed by atoms with Crippen LogP contribution in [0.3, 0.4) is 0 Å². The Morgan fingerprint density at radius 1 is 0.583 bits per heavy atom. The monoisotopic (exact) mass is 172 g/mol. The zero-order valence-corrected chi connectivity index (χ0v) is 7.66. The van der Waals surface area contributed by atoms with E-state index in [1.165, 1.54) is 19.3 Å². The van der Waals surface area contributed by atoms with Crippen molar-refractivity contribution in [1.82, 2.24) is 21.5 Å². The summed E-state index contributed by atoms with van der Waals surface area (Å²) < 4.78 is 0. The van der Waals surface area contributed by atoms with E-state index in [1.807, 2.05) is 0 Å². The molecule has 0 aromatic rings. The summed E-state index contributed by atoms with van der Waals surface area (Å²) in [6.07, 6.45) is 3.66. The Kier molecular flexibility index (Phi) is 6.19. The molecule has 4 heteroatoms. The first-order valence-electron chi connectivity index (χ1n) is 4.87. The summed E-state index contributed by atoms with van der Waals surface area (Å²) in [5, 5.41) is 6.67. The molecular weight excluding hydrogens is 152 g/mol. The highest BCUT2D eigenvalue weighted by atomic mass is 15.3. The fourth-order valence-electron chi connectivity index (χ4n) is 1.21. The molecule has 1 aliphatic heterocycles. The van der Waals surface area contributed by atoms with Crippen LogP contribution in [0.15, 0.2) is 0 Å². The minimum atomic E-state index is 0.952. The summed E-state index contributed by atoms with van der Waals surface area (Å²) in [6.45, 7) is 5.28. The minimum absolute atomic E-state index is 0.952. The van der Waals surface area contributed by atoms with Crippen LogP contribution >= 0.6 is 0 Å². The summed E-state index contributed by atoms with van der Waals surface area (Å²) in [7, 11) is 0. The van der Waals surface area contributed by atoms with E-state index in [-0.39, 0.29) is 0 Å². The molecule has 1 saturated heterocycles. The van der Waals surface area contributed by atoms with Crippen molar-refractivity contribution in [1.29, 1.82) is 0 Å². The van der Waals surface area contributed by atoms with Gasteiger partial charge in [-0.3, -0.25) is 10.9 Å². The van der Waals surface area contributed by atoms with Gasteiger partial charge in [-0.2, -0.15) is 0 Å². The number of hydrogen-bond donors (Lipinski definition) is 4. The third-order valence-corrected chi connectivity index (χ3v) is 1.94. The van der Waals surface area contributed by atoms with E-state index in [0.29, 0.717) is 0 Å². The predicted molar refractivity (Wildman–Crippen MR) is 50.7 cm³/mol. The lowest BCUT2D eigenvalue weighted by Crippen LogP contribution is -2.37. The average Bonchev–Trinajstić information content (AvgIpc) is 2.05. The zero-order valence-electron chi connectivity index (χ0n) is 7.66. The minimum Gasteiger partial charge on any atom is -0.304 e. The number of nitrogens with one attached hydrogen (secondary N) is 4. The predicted octanol–water partition coefficient (Wildman–Crippen LogP) is -0.599. The lowest BCUT2D eigenvalue weighted by atomic mass is 10.3. The molecule has 0 aliphatic carbocycles. The van der Waals surface area contributed by atoms with Crippen LogP contribution in [0.4, 0.5) is 0 Å². The van der Waals surface area contributed by atoms with E-state index in [1.54, 1.807) is 0 Å². The summed E-state index contributed by atoms with van der Waals surface area (Å²) in [5.41, 5.74) is 6.39. The third-order valence-electron chi connectivity index (χ3n) is 1.94. The smallest absolute Gasteiger partial charge is 0.0454 e. The van der Waals surface area contributed by atoms with Gasteiger partial charge in [0.2, 0.25) is 0 Å². The first-order chi connectivity index (χ1) is 6.00.